The average molecular weight is 411 g/mol. The molecule has 0 aliphatic carbocycles. The van der Waals surface area contributed by atoms with Crippen LogP contribution in [-0.2, 0) is 22.6 Å². The summed E-state index contributed by atoms with van der Waals surface area (Å²) in [5, 5.41) is 12.4. The van der Waals surface area contributed by atoms with Crippen molar-refractivity contribution in [3.63, 3.8) is 0 Å². The first-order valence-electron chi connectivity index (χ1n) is 9.00. The highest BCUT2D eigenvalue weighted by atomic mass is 32.2. The van der Waals surface area contributed by atoms with Crippen molar-refractivity contribution in [3.05, 3.63) is 70.6 Å². The molecule has 8 nitrogen and oxygen atoms in total. The molecule has 0 atom stereocenters. The molecule has 3 aromatic rings. The number of benzene rings is 2. The number of thioether (sulfide) groups is 1. The number of aromatic amines is 1. The number of rotatable bonds is 8. The SMILES string of the molecule is CC(=O)Nc1cccc(NC(=O)CSc2n[nH]c(=O)n2CCc2ccccc2)c1. The largest absolute Gasteiger partial charge is 0.343 e. The molecule has 0 fully saturated rings. The summed E-state index contributed by atoms with van der Waals surface area (Å²) in [6.45, 7) is 1.89. The molecular formula is C20H21N5O3S. The average Bonchev–Trinajstić information content (AvgIpc) is 3.05. The molecule has 0 radical (unpaired) electrons. The topological polar surface area (TPSA) is 109 Å². The van der Waals surface area contributed by atoms with E-state index in [4.69, 9.17) is 0 Å². The van der Waals surface area contributed by atoms with Gasteiger partial charge in [-0.05, 0) is 30.2 Å². The number of H-pyrrole nitrogens is 1. The van der Waals surface area contributed by atoms with Gasteiger partial charge in [0, 0.05) is 24.8 Å². The smallest absolute Gasteiger partial charge is 0.326 e. The standard InChI is InChI=1S/C20H21N5O3S/c1-14(26)21-16-8-5-9-17(12-16)22-18(27)13-29-20-24-23-19(28)25(20)11-10-15-6-3-2-4-7-15/h2-9,12H,10-11,13H2,1H3,(H,21,26)(H,22,27)(H,23,28). The molecule has 0 aliphatic heterocycles. The maximum absolute atomic E-state index is 12.3. The Bertz CT molecular complexity index is 1050. The Hall–Kier alpha value is -3.33. The molecule has 3 rings (SSSR count). The first kappa shape index (κ1) is 20.4. The molecule has 0 bridgehead atoms. The molecule has 1 aromatic heterocycles. The number of nitrogens with one attached hydrogen (secondary N) is 3. The summed E-state index contributed by atoms with van der Waals surface area (Å²) in [6, 6.07) is 16.7. The molecule has 0 spiro atoms. The van der Waals surface area contributed by atoms with Gasteiger partial charge in [0.05, 0.1) is 5.75 Å². The number of carbonyl (C=O) groups excluding carboxylic acids is 2. The quantitative estimate of drug-likeness (QED) is 0.494. The van der Waals surface area contributed by atoms with Gasteiger partial charge in [-0.3, -0.25) is 14.2 Å². The third kappa shape index (κ3) is 6.08. The normalized spacial score (nSPS) is 10.5. The second-order valence-corrected chi connectivity index (χ2v) is 7.24. The lowest BCUT2D eigenvalue weighted by Gasteiger charge is -2.08. The fraction of sp³-hybridized carbons (Fsp3) is 0.200. The lowest BCUT2D eigenvalue weighted by Crippen LogP contribution is -2.20. The van der Waals surface area contributed by atoms with Crippen molar-refractivity contribution < 1.29 is 9.59 Å². The van der Waals surface area contributed by atoms with Gasteiger partial charge >= 0.3 is 5.69 Å². The van der Waals surface area contributed by atoms with Crippen LogP contribution < -0.4 is 16.3 Å². The molecule has 29 heavy (non-hydrogen) atoms. The zero-order chi connectivity index (χ0) is 20.6. The van der Waals surface area contributed by atoms with Crippen molar-refractivity contribution in [2.24, 2.45) is 0 Å². The van der Waals surface area contributed by atoms with Crippen LogP contribution in [0.15, 0.2) is 64.5 Å². The van der Waals surface area contributed by atoms with Gasteiger partial charge in [0.2, 0.25) is 11.8 Å². The number of aryl methyl sites for hydroxylation is 1. The van der Waals surface area contributed by atoms with Gasteiger partial charge < -0.3 is 10.6 Å². The molecule has 3 N–H and O–H groups in total. The van der Waals surface area contributed by atoms with Crippen LogP contribution in [0.5, 0.6) is 0 Å². The summed E-state index contributed by atoms with van der Waals surface area (Å²) < 4.78 is 1.53. The monoisotopic (exact) mass is 411 g/mol. The molecule has 2 aromatic carbocycles. The van der Waals surface area contributed by atoms with Crippen LogP contribution in [0.4, 0.5) is 11.4 Å². The lowest BCUT2D eigenvalue weighted by molar-refractivity contribution is -0.114. The maximum Gasteiger partial charge on any atom is 0.343 e. The van der Waals surface area contributed by atoms with Crippen LogP contribution in [0.2, 0.25) is 0 Å². The second-order valence-electron chi connectivity index (χ2n) is 6.30. The number of hydrogen-bond acceptors (Lipinski definition) is 5. The predicted molar refractivity (Wildman–Crippen MR) is 113 cm³/mol. The van der Waals surface area contributed by atoms with Crippen molar-refractivity contribution in [1.82, 2.24) is 14.8 Å². The zero-order valence-corrected chi connectivity index (χ0v) is 16.7. The fourth-order valence-corrected chi connectivity index (χ4v) is 3.47. The summed E-state index contributed by atoms with van der Waals surface area (Å²) >= 11 is 1.18. The third-order valence-corrected chi connectivity index (χ3v) is 4.97. The van der Waals surface area contributed by atoms with E-state index >= 15 is 0 Å². The Morgan fingerprint density at radius 3 is 2.52 bits per heavy atom. The molecule has 0 aliphatic rings. The zero-order valence-electron chi connectivity index (χ0n) is 15.8. The Kier molecular flexibility index (Phi) is 6.85. The number of aromatic nitrogens is 3. The van der Waals surface area contributed by atoms with Gasteiger partial charge in [-0.15, -0.1) is 5.10 Å². The van der Waals surface area contributed by atoms with Crippen molar-refractivity contribution in [2.75, 3.05) is 16.4 Å². The maximum atomic E-state index is 12.3. The van der Waals surface area contributed by atoms with Crippen molar-refractivity contribution in [1.29, 1.82) is 0 Å². The first-order chi connectivity index (χ1) is 14.0. The minimum atomic E-state index is -0.299. The van der Waals surface area contributed by atoms with E-state index < -0.39 is 0 Å². The molecule has 0 saturated heterocycles. The number of nitrogens with zero attached hydrogens (tertiary/aromatic N) is 2. The Labute approximate surface area is 171 Å². The summed E-state index contributed by atoms with van der Waals surface area (Å²) in [5.74, 6) is -0.323. The minimum Gasteiger partial charge on any atom is -0.326 e. The highest BCUT2D eigenvalue weighted by molar-refractivity contribution is 7.99. The summed E-state index contributed by atoms with van der Waals surface area (Å²) in [7, 11) is 0. The number of amides is 2. The molecule has 1 heterocycles. The van der Waals surface area contributed by atoms with Crippen LogP contribution >= 0.6 is 11.8 Å². The molecular weight excluding hydrogens is 390 g/mol. The third-order valence-electron chi connectivity index (χ3n) is 3.99. The molecule has 150 valence electrons. The van der Waals surface area contributed by atoms with Crippen molar-refractivity contribution in [2.45, 2.75) is 25.0 Å². The van der Waals surface area contributed by atoms with E-state index in [9.17, 15) is 14.4 Å². The van der Waals surface area contributed by atoms with Gasteiger partial charge in [0.1, 0.15) is 0 Å². The van der Waals surface area contributed by atoms with Crippen molar-refractivity contribution >= 4 is 35.0 Å². The number of hydrogen-bond donors (Lipinski definition) is 3. The van der Waals surface area contributed by atoms with Gasteiger partial charge in [-0.2, -0.15) is 0 Å². The Balaban J connectivity index is 1.57. The van der Waals surface area contributed by atoms with E-state index in [2.05, 4.69) is 20.8 Å². The molecule has 2 amide bonds. The van der Waals surface area contributed by atoms with Crippen LogP contribution in [0.1, 0.15) is 12.5 Å². The number of carbonyl (C=O) groups is 2. The van der Waals surface area contributed by atoms with Gasteiger partial charge in [-0.1, -0.05) is 48.2 Å². The Morgan fingerprint density at radius 2 is 1.79 bits per heavy atom. The first-order valence-corrected chi connectivity index (χ1v) is 9.99. The molecule has 9 heteroatoms. The van der Waals surface area contributed by atoms with Gasteiger partial charge in [-0.25, -0.2) is 9.89 Å². The summed E-state index contributed by atoms with van der Waals surface area (Å²) in [5.41, 5.74) is 2.00. The van der Waals surface area contributed by atoms with E-state index in [-0.39, 0.29) is 23.3 Å². The van der Waals surface area contributed by atoms with Crippen LogP contribution in [0.3, 0.4) is 0 Å². The predicted octanol–water partition coefficient (Wildman–Crippen LogP) is 2.50. The second kappa shape index (κ2) is 9.74. The lowest BCUT2D eigenvalue weighted by atomic mass is 10.1. The Morgan fingerprint density at radius 1 is 1.07 bits per heavy atom. The van der Waals surface area contributed by atoms with E-state index in [1.54, 1.807) is 24.3 Å². The van der Waals surface area contributed by atoms with E-state index in [0.717, 1.165) is 5.56 Å². The fourth-order valence-electron chi connectivity index (χ4n) is 2.70. The molecule has 0 saturated carbocycles. The van der Waals surface area contributed by atoms with E-state index in [0.29, 0.717) is 29.5 Å². The number of anilines is 2. The van der Waals surface area contributed by atoms with Crippen molar-refractivity contribution in [3.8, 4) is 0 Å². The summed E-state index contributed by atoms with van der Waals surface area (Å²) in [4.78, 5) is 35.4. The van der Waals surface area contributed by atoms with E-state index in [1.165, 1.54) is 23.3 Å². The highest BCUT2D eigenvalue weighted by Gasteiger charge is 2.12. The minimum absolute atomic E-state index is 0.0972. The van der Waals surface area contributed by atoms with E-state index in [1.807, 2.05) is 30.3 Å². The van der Waals surface area contributed by atoms with Crippen LogP contribution in [0.25, 0.3) is 0 Å². The van der Waals surface area contributed by atoms with Crippen LogP contribution in [-0.4, -0.2) is 32.3 Å². The van der Waals surface area contributed by atoms with Crippen LogP contribution in [0, 0.1) is 0 Å². The highest BCUT2D eigenvalue weighted by Crippen LogP contribution is 2.17. The van der Waals surface area contributed by atoms with Gasteiger partial charge in [0.15, 0.2) is 5.16 Å². The summed E-state index contributed by atoms with van der Waals surface area (Å²) in [6.07, 6.45) is 0.690. The van der Waals surface area contributed by atoms with Gasteiger partial charge in [0.25, 0.3) is 0 Å². The molecule has 0 unspecified atom stereocenters.